The topological polar surface area (TPSA) is 46.5 Å². The molecule has 0 heterocycles. The first kappa shape index (κ1) is 25.9. The van der Waals surface area contributed by atoms with Crippen molar-refractivity contribution in [2.45, 2.75) is 104 Å². The Morgan fingerprint density at radius 2 is 1.38 bits per heavy atom. The Balaban J connectivity index is 2.58. The first-order valence-corrected chi connectivity index (χ1v) is 11.7. The molecule has 4 heteroatoms. The Morgan fingerprint density at radius 1 is 0.897 bits per heavy atom. The zero-order valence-electron chi connectivity index (χ0n) is 19.4. The highest BCUT2D eigenvalue weighted by molar-refractivity contribution is 7.80. The molecular formula is C25H42O3S. The standard InChI is InChI=1S/C25H42O3S/c1-24(2,3)20-17-19(18-21(23(20)27)25(4,5)6)13-14-22(26)28-15-11-9-7-8-10-12-16-29/h17-18,27,29H,7-16H2,1-6H3. The van der Waals surface area contributed by atoms with Crippen LogP contribution in [0.5, 0.6) is 5.75 Å². The molecule has 0 fully saturated rings. The minimum absolute atomic E-state index is 0.136. The molecule has 1 aromatic rings. The van der Waals surface area contributed by atoms with Crippen LogP contribution in [0.2, 0.25) is 0 Å². The summed E-state index contributed by atoms with van der Waals surface area (Å²) in [6, 6.07) is 4.09. The predicted molar refractivity (Wildman–Crippen MR) is 126 cm³/mol. The van der Waals surface area contributed by atoms with E-state index >= 15 is 0 Å². The molecule has 0 aromatic heterocycles. The van der Waals surface area contributed by atoms with E-state index in [-0.39, 0.29) is 16.8 Å². The highest BCUT2D eigenvalue weighted by Gasteiger charge is 2.26. The summed E-state index contributed by atoms with van der Waals surface area (Å²) < 4.78 is 5.41. The van der Waals surface area contributed by atoms with Gasteiger partial charge >= 0.3 is 5.97 Å². The molecule has 0 saturated heterocycles. The number of hydrogen-bond acceptors (Lipinski definition) is 4. The monoisotopic (exact) mass is 422 g/mol. The molecule has 0 saturated carbocycles. The van der Waals surface area contributed by atoms with Crippen molar-refractivity contribution in [3.8, 4) is 5.75 Å². The molecule has 3 nitrogen and oxygen atoms in total. The summed E-state index contributed by atoms with van der Waals surface area (Å²) in [5.41, 5.74) is 2.64. The van der Waals surface area contributed by atoms with Crippen LogP contribution in [-0.2, 0) is 26.8 Å². The maximum absolute atomic E-state index is 12.1. The number of benzene rings is 1. The molecule has 0 unspecified atom stereocenters. The van der Waals surface area contributed by atoms with Crippen molar-refractivity contribution in [3.05, 3.63) is 28.8 Å². The summed E-state index contributed by atoms with van der Waals surface area (Å²) in [5, 5.41) is 10.8. The van der Waals surface area contributed by atoms with Crippen molar-refractivity contribution < 1.29 is 14.6 Å². The van der Waals surface area contributed by atoms with Gasteiger partial charge in [0.2, 0.25) is 0 Å². The number of unbranched alkanes of at least 4 members (excludes halogenated alkanes) is 5. The first-order chi connectivity index (χ1) is 13.5. The van der Waals surface area contributed by atoms with Gasteiger partial charge in [0.15, 0.2) is 0 Å². The molecule has 0 amide bonds. The molecule has 166 valence electrons. The van der Waals surface area contributed by atoms with Crippen LogP contribution in [0.25, 0.3) is 0 Å². The number of ether oxygens (including phenoxy) is 1. The summed E-state index contributed by atoms with van der Waals surface area (Å²) in [5.74, 6) is 1.21. The molecule has 0 aliphatic rings. The van der Waals surface area contributed by atoms with Crippen LogP contribution >= 0.6 is 12.6 Å². The van der Waals surface area contributed by atoms with Gasteiger partial charge in [-0.05, 0) is 52.5 Å². The van der Waals surface area contributed by atoms with Crippen LogP contribution < -0.4 is 0 Å². The smallest absolute Gasteiger partial charge is 0.306 e. The number of carbonyl (C=O) groups excluding carboxylic acids is 1. The number of phenols is 1. The Kier molecular flexibility index (Phi) is 10.6. The van der Waals surface area contributed by atoms with E-state index in [1.165, 1.54) is 25.7 Å². The quantitative estimate of drug-likeness (QED) is 0.236. The highest BCUT2D eigenvalue weighted by Crippen LogP contribution is 2.40. The van der Waals surface area contributed by atoms with Crippen LogP contribution in [0.15, 0.2) is 12.1 Å². The number of hydrogen-bond donors (Lipinski definition) is 2. The molecule has 0 spiro atoms. The van der Waals surface area contributed by atoms with E-state index in [0.29, 0.717) is 25.2 Å². The maximum atomic E-state index is 12.1. The third-order valence-corrected chi connectivity index (χ3v) is 5.54. The van der Waals surface area contributed by atoms with Crippen LogP contribution in [-0.4, -0.2) is 23.4 Å². The van der Waals surface area contributed by atoms with Gasteiger partial charge in [0, 0.05) is 6.42 Å². The van der Waals surface area contributed by atoms with Crippen molar-refractivity contribution in [2.24, 2.45) is 0 Å². The minimum atomic E-state index is -0.159. The molecule has 1 N–H and O–H groups in total. The van der Waals surface area contributed by atoms with Crippen molar-refractivity contribution >= 4 is 18.6 Å². The lowest BCUT2D eigenvalue weighted by Gasteiger charge is -2.28. The molecule has 0 bridgehead atoms. The van der Waals surface area contributed by atoms with Crippen LogP contribution in [0.4, 0.5) is 0 Å². The Bertz CT molecular complexity index is 603. The number of aryl methyl sites for hydroxylation is 1. The minimum Gasteiger partial charge on any atom is -0.507 e. The van der Waals surface area contributed by atoms with Gasteiger partial charge in [-0.25, -0.2) is 0 Å². The van der Waals surface area contributed by atoms with E-state index in [2.05, 4.69) is 54.2 Å². The average Bonchev–Trinajstić information content (AvgIpc) is 2.61. The van der Waals surface area contributed by atoms with E-state index in [9.17, 15) is 9.90 Å². The molecule has 1 rings (SSSR count). The van der Waals surface area contributed by atoms with Crippen LogP contribution in [0, 0.1) is 0 Å². The van der Waals surface area contributed by atoms with E-state index in [0.717, 1.165) is 35.3 Å². The second-order valence-electron chi connectivity index (χ2n) is 10.1. The zero-order chi connectivity index (χ0) is 22.1. The van der Waals surface area contributed by atoms with Gasteiger partial charge < -0.3 is 9.84 Å². The van der Waals surface area contributed by atoms with Crippen molar-refractivity contribution in [1.29, 1.82) is 0 Å². The number of carbonyl (C=O) groups is 1. The molecule has 0 radical (unpaired) electrons. The van der Waals surface area contributed by atoms with Gasteiger partial charge in [-0.3, -0.25) is 4.79 Å². The van der Waals surface area contributed by atoms with Gasteiger partial charge in [-0.2, -0.15) is 12.6 Å². The molecular weight excluding hydrogens is 380 g/mol. The van der Waals surface area contributed by atoms with Gasteiger partial charge in [0.25, 0.3) is 0 Å². The number of rotatable bonds is 11. The van der Waals surface area contributed by atoms with Crippen molar-refractivity contribution in [1.82, 2.24) is 0 Å². The van der Waals surface area contributed by atoms with Crippen LogP contribution in [0.3, 0.4) is 0 Å². The van der Waals surface area contributed by atoms with Gasteiger partial charge in [0.05, 0.1) is 6.61 Å². The second kappa shape index (κ2) is 11.9. The Morgan fingerprint density at radius 3 is 1.86 bits per heavy atom. The summed E-state index contributed by atoms with van der Waals surface area (Å²) in [6.45, 7) is 13.1. The number of aromatic hydroxyl groups is 1. The lowest BCUT2D eigenvalue weighted by Crippen LogP contribution is -2.18. The fourth-order valence-corrected chi connectivity index (χ4v) is 3.63. The maximum Gasteiger partial charge on any atom is 0.306 e. The van der Waals surface area contributed by atoms with Crippen molar-refractivity contribution in [2.75, 3.05) is 12.4 Å². The van der Waals surface area contributed by atoms with Gasteiger partial charge in [-0.1, -0.05) is 79.4 Å². The molecule has 0 aliphatic heterocycles. The average molecular weight is 423 g/mol. The summed E-state index contributed by atoms with van der Waals surface area (Å²) in [7, 11) is 0. The highest BCUT2D eigenvalue weighted by atomic mass is 32.1. The molecule has 1 aromatic carbocycles. The Hall–Kier alpha value is -1.16. The van der Waals surface area contributed by atoms with Gasteiger partial charge in [0.1, 0.15) is 5.75 Å². The normalized spacial score (nSPS) is 12.2. The van der Waals surface area contributed by atoms with Gasteiger partial charge in [-0.15, -0.1) is 0 Å². The fraction of sp³-hybridized carbons (Fsp3) is 0.720. The van der Waals surface area contributed by atoms with E-state index in [4.69, 9.17) is 4.74 Å². The van der Waals surface area contributed by atoms with Crippen molar-refractivity contribution in [3.63, 3.8) is 0 Å². The lowest BCUT2D eigenvalue weighted by molar-refractivity contribution is -0.143. The summed E-state index contributed by atoms with van der Waals surface area (Å²) in [4.78, 5) is 12.1. The third kappa shape index (κ3) is 9.46. The number of esters is 1. The largest absolute Gasteiger partial charge is 0.507 e. The molecule has 0 aliphatic carbocycles. The van der Waals surface area contributed by atoms with E-state index < -0.39 is 0 Å². The number of phenolic OH excluding ortho intramolecular Hbond substituents is 1. The van der Waals surface area contributed by atoms with E-state index in [1.54, 1.807) is 0 Å². The number of thiol groups is 1. The van der Waals surface area contributed by atoms with Crippen LogP contribution in [0.1, 0.15) is 103 Å². The molecule has 0 atom stereocenters. The third-order valence-electron chi connectivity index (χ3n) is 5.22. The predicted octanol–water partition coefficient (Wildman–Crippen LogP) is 6.73. The second-order valence-corrected chi connectivity index (χ2v) is 10.6. The summed E-state index contributed by atoms with van der Waals surface area (Å²) >= 11 is 4.22. The molecule has 29 heavy (non-hydrogen) atoms. The fourth-order valence-electron chi connectivity index (χ4n) is 3.41. The Labute approximate surface area is 184 Å². The van der Waals surface area contributed by atoms with E-state index in [1.807, 2.05) is 12.1 Å². The zero-order valence-corrected chi connectivity index (χ0v) is 20.3. The first-order valence-electron chi connectivity index (χ1n) is 11.1. The SMILES string of the molecule is CC(C)(C)c1cc(CCC(=O)OCCCCCCCCS)cc(C(C)(C)C)c1O. The summed E-state index contributed by atoms with van der Waals surface area (Å²) in [6.07, 6.45) is 7.92. The lowest BCUT2D eigenvalue weighted by atomic mass is 9.78.